The van der Waals surface area contributed by atoms with Gasteiger partial charge in [0.1, 0.15) is 0 Å². The van der Waals surface area contributed by atoms with Crippen LogP contribution in [0.5, 0.6) is 0 Å². The third-order valence-corrected chi connectivity index (χ3v) is 2.92. The van der Waals surface area contributed by atoms with Crippen LogP contribution in [0.3, 0.4) is 0 Å². The number of hydrogen-bond acceptors (Lipinski definition) is 1. The van der Waals surface area contributed by atoms with Crippen molar-refractivity contribution in [3.8, 4) is 0 Å². The summed E-state index contributed by atoms with van der Waals surface area (Å²) in [4.78, 5) is 0. The average molecular weight is 177 g/mol. The Bertz CT molecular complexity index is 287. The quantitative estimate of drug-likeness (QED) is 0.737. The molecule has 0 bridgehead atoms. The van der Waals surface area contributed by atoms with E-state index in [0.29, 0.717) is 0 Å². The molecule has 13 heavy (non-hydrogen) atoms. The molecule has 0 fully saturated rings. The van der Waals surface area contributed by atoms with Crippen molar-refractivity contribution in [1.29, 1.82) is 0 Å². The fourth-order valence-electron chi connectivity index (χ4n) is 1.82. The maximum absolute atomic E-state index is 5.60. The van der Waals surface area contributed by atoms with E-state index in [0.717, 1.165) is 13.0 Å². The first-order valence-corrected chi connectivity index (χ1v) is 4.84. The maximum Gasteiger partial charge on any atom is -0.00365 e. The molecule has 0 unspecified atom stereocenters. The van der Waals surface area contributed by atoms with Crippen LogP contribution in [0.4, 0.5) is 0 Å². The van der Waals surface area contributed by atoms with E-state index in [9.17, 15) is 0 Å². The first-order valence-electron chi connectivity index (χ1n) is 4.84. The molecule has 0 aliphatic heterocycles. The van der Waals surface area contributed by atoms with Gasteiger partial charge in [-0.2, -0.15) is 0 Å². The zero-order valence-corrected chi connectivity index (χ0v) is 9.07. The van der Waals surface area contributed by atoms with Gasteiger partial charge < -0.3 is 5.73 Å². The van der Waals surface area contributed by atoms with Crippen molar-refractivity contribution in [2.45, 2.75) is 34.1 Å². The third-order valence-electron chi connectivity index (χ3n) is 2.92. The minimum Gasteiger partial charge on any atom is -0.330 e. The summed E-state index contributed by atoms with van der Waals surface area (Å²) < 4.78 is 0. The highest BCUT2D eigenvalue weighted by atomic mass is 14.5. The van der Waals surface area contributed by atoms with Crippen LogP contribution < -0.4 is 5.73 Å². The number of nitrogens with two attached hydrogens (primary N) is 1. The molecular weight excluding hydrogens is 158 g/mol. The summed E-state index contributed by atoms with van der Waals surface area (Å²) in [5.41, 5.74) is 12.6. The molecule has 0 aliphatic carbocycles. The van der Waals surface area contributed by atoms with Crippen LogP contribution in [0.15, 0.2) is 6.07 Å². The molecule has 0 radical (unpaired) electrons. The van der Waals surface area contributed by atoms with Crippen molar-refractivity contribution in [1.82, 2.24) is 0 Å². The van der Waals surface area contributed by atoms with E-state index >= 15 is 0 Å². The van der Waals surface area contributed by atoms with Crippen LogP contribution in [-0.2, 0) is 6.42 Å². The van der Waals surface area contributed by atoms with Gasteiger partial charge in [0, 0.05) is 0 Å². The minimum atomic E-state index is 0.741. The van der Waals surface area contributed by atoms with E-state index in [4.69, 9.17) is 5.73 Å². The van der Waals surface area contributed by atoms with Crippen LogP contribution in [0.2, 0.25) is 0 Å². The highest BCUT2D eigenvalue weighted by molar-refractivity contribution is 5.44. The molecule has 0 saturated carbocycles. The van der Waals surface area contributed by atoms with Gasteiger partial charge in [0.15, 0.2) is 0 Å². The van der Waals surface area contributed by atoms with E-state index in [-0.39, 0.29) is 0 Å². The molecule has 0 spiro atoms. The third kappa shape index (κ3) is 1.92. The molecule has 0 amide bonds. The predicted octanol–water partition coefficient (Wildman–Crippen LogP) is 2.42. The summed E-state index contributed by atoms with van der Waals surface area (Å²) in [6, 6.07) is 2.25. The van der Waals surface area contributed by atoms with Crippen LogP contribution in [0, 0.1) is 27.7 Å². The monoisotopic (exact) mass is 177 g/mol. The normalized spacial score (nSPS) is 10.5. The van der Waals surface area contributed by atoms with Crippen molar-refractivity contribution in [2.75, 3.05) is 6.54 Å². The Labute approximate surface area is 81.0 Å². The van der Waals surface area contributed by atoms with E-state index in [1.165, 1.54) is 27.8 Å². The molecule has 0 atom stereocenters. The van der Waals surface area contributed by atoms with E-state index < -0.39 is 0 Å². The average Bonchev–Trinajstić information content (AvgIpc) is 2.09. The lowest BCUT2D eigenvalue weighted by Gasteiger charge is -2.14. The molecule has 0 aromatic heterocycles. The topological polar surface area (TPSA) is 26.0 Å². The van der Waals surface area contributed by atoms with Gasteiger partial charge in [-0.25, -0.2) is 0 Å². The Hall–Kier alpha value is -0.820. The van der Waals surface area contributed by atoms with Gasteiger partial charge in [0.2, 0.25) is 0 Å². The Morgan fingerprint density at radius 2 is 1.46 bits per heavy atom. The highest BCUT2D eigenvalue weighted by Gasteiger charge is 2.06. The molecule has 0 aliphatic rings. The molecule has 1 nitrogen and oxygen atoms in total. The largest absolute Gasteiger partial charge is 0.330 e. The van der Waals surface area contributed by atoms with Crippen molar-refractivity contribution >= 4 is 0 Å². The molecule has 1 rings (SSSR count). The van der Waals surface area contributed by atoms with Gasteiger partial charge in [-0.05, 0) is 68.5 Å². The SMILES string of the molecule is Cc1cc(C)c(C)c(CCN)c1C. The second-order valence-electron chi connectivity index (χ2n) is 3.78. The molecule has 1 heteroatoms. The van der Waals surface area contributed by atoms with Crippen molar-refractivity contribution in [3.05, 3.63) is 33.9 Å². The number of hydrogen-bond donors (Lipinski definition) is 1. The Balaban J connectivity index is 3.28. The van der Waals surface area contributed by atoms with Gasteiger partial charge >= 0.3 is 0 Å². The Kier molecular flexibility index (Phi) is 3.10. The second kappa shape index (κ2) is 3.93. The number of aryl methyl sites for hydroxylation is 2. The van der Waals surface area contributed by atoms with Crippen LogP contribution in [0.1, 0.15) is 27.8 Å². The maximum atomic E-state index is 5.60. The number of benzene rings is 1. The molecule has 72 valence electrons. The van der Waals surface area contributed by atoms with Crippen LogP contribution in [0.25, 0.3) is 0 Å². The van der Waals surface area contributed by atoms with Gasteiger partial charge in [0.25, 0.3) is 0 Å². The summed E-state index contributed by atoms with van der Waals surface area (Å²) >= 11 is 0. The van der Waals surface area contributed by atoms with Gasteiger partial charge in [-0.15, -0.1) is 0 Å². The van der Waals surface area contributed by atoms with Crippen LogP contribution >= 0.6 is 0 Å². The second-order valence-corrected chi connectivity index (χ2v) is 3.78. The fraction of sp³-hybridized carbons (Fsp3) is 0.500. The summed E-state index contributed by atoms with van der Waals surface area (Å²) in [6.45, 7) is 9.45. The summed E-state index contributed by atoms with van der Waals surface area (Å²) in [5.74, 6) is 0. The Morgan fingerprint density at radius 3 is 1.85 bits per heavy atom. The molecular formula is C12H19N. The smallest absolute Gasteiger partial charge is 0.00365 e. The van der Waals surface area contributed by atoms with Crippen LogP contribution in [-0.4, -0.2) is 6.54 Å². The lowest BCUT2D eigenvalue weighted by Crippen LogP contribution is -2.07. The first-order chi connectivity index (χ1) is 6.07. The standard InChI is InChI=1S/C12H19N/c1-8-7-9(2)11(4)12(5-6-13)10(8)3/h7H,5-6,13H2,1-4H3. The first kappa shape index (κ1) is 10.3. The minimum absolute atomic E-state index is 0.741. The van der Waals surface area contributed by atoms with Gasteiger partial charge in [0.05, 0.1) is 0 Å². The van der Waals surface area contributed by atoms with Gasteiger partial charge in [-0.3, -0.25) is 0 Å². The Morgan fingerprint density at radius 1 is 1.00 bits per heavy atom. The predicted molar refractivity (Wildman–Crippen MR) is 58.1 cm³/mol. The molecule has 1 aromatic rings. The summed E-state index contributed by atoms with van der Waals surface area (Å²) in [7, 11) is 0. The van der Waals surface area contributed by atoms with Crippen molar-refractivity contribution in [2.24, 2.45) is 5.73 Å². The summed E-state index contributed by atoms with van der Waals surface area (Å²) in [5, 5.41) is 0. The molecule has 0 heterocycles. The lowest BCUT2D eigenvalue weighted by atomic mass is 9.92. The molecule has 0 saturated heterocycles. The van der Waals surface area contributed by atoms with E-state index in [1.54, 1.807) is 0 Å². The number of rotatable bonds is 2. The van der Waals surface area contributed by atoms with Crippen molar-refractivity contribution < 1.29 is 0 Å². The molecule has 2 N–H and O–H groups in total. The zero-order valence-electron chi connectivity index (χ0n) is 9.07. The molecule has 1 aromatic carbocycles. The lowest BCUT2D eigenvalue weighted by molar-refractivity contribution is 0.937. The van der Waals surface area contributed by atoms with Gasteiger partial charge in [-0.1, -0.05) is 6.07 Å². The van der Waals surface area contributed by atoms with E-state index in [2.05, 4.69) is 33.8 Å². The fourth-order valence-corrected chi connectivity index (χ4v) is 1.82. The highest BCUT2D eigenvalue weighted by Crippen LogP contribution is 2.21. The van der Waals surface area contributed by atoms with Crippen molar-refractivity contribution in [3.63, 3.8) is 0 Å². The summed E-state index contributed by atoms with van der Waals surface area (Å²) in [6.07, 6.45) is 1.00. The van der Waals surface area contributed by atoms with E-state index in [1.807, 2.05) is 0 Å². The zero-order chi connectivity index (χ0) is 10.0.